The van der Waals surface area contributed by atoms with E-state index in [9.17, 15) is 43.2 Å². The van der Waals surface area contributed by atoms with Crippen LogP contribution in [0.4, 0.5) is 0 Å². The van der Waals surface area contributed by atoms with Crippen LogP contribution >= 0.6 is 15.6 Å². The van der Waals surface area contributed by atoms with Gasteiger partial charge in [-0.2, -0.15) is 0 Å². The van der Waals surface area contributed by atoms with Crippen LogP contribution in [0.2, 0.25) is 0 Å². The Morgan fingerprint density at radius 3 is 0.819 bits per heavy atom. The zero-order chi connectivity index (χ0) is 61.3. The van der Waals surface area contributed by atoms with Gasteiger partial charge in [-0.3, -0.25) is 37.3 Å². The van der Waals surface area contributed by atoms with Crippen molar-refractivity contribution >= 4 is 39.5 Å². The number of hydrogen-bond donors (Lipinski definition) is 3. The Morgan fingerprint density at radius 2 is 0.554 bits per heavy atom. The molecular formula is C64H124O17P2. The number of phosphoric ester groups is 2. The van der Waals surface area contributed by atoms with E-state index >= 15 is 0 Å². The number of carbonyl (C=O) groups excluding carboxylic acids is 4. The van der Waals surface area contributed by atoms with Gasteiger partial charge in [0, 0.05) is 25.7 Å². The van der Waals surface area contributed by atoms with Gasteiger partial charge in [-0.05, 0) is 31.6 Å². The minimum atomic E-state index is -4.94. The third kappa shape index (κ3) is 58.8. The van der Waals surface area contributed by atoms with E-state index in [1.54, 1.807) is 0 Å². The van der Waals surface area contributed by atoms with Crippen molar-refractivity contribution in [2.45, 2.75) is 342 Å². The summed E-state index contributed by atoms with van der Waals surface area (Å²) in [7, 11) is -9.87. The molecule has 3 N–H and O–H groups in total. The predicted molar refractivity (Wildman–Crippen MR) is 331 cm³/mol. The molecule has 0 rings (SSSR count). The van der Waals surface area contributed by atoms with Crippen LogP contribution in [0.1, 0.15) is 324 Å². The molecule has 0 fully saturated rings. The lowest BCUT2D eigenvalue weighted by atomic mass is 10.0. The Labute approximate surface area is 505 Å². The molecule has 0 aliphatic carbocycles. The molecule has 0 bridgehead atoms. The maximum Gasteiger partial charge on any atom is 0.472 e. The van der Waals surface area contributed by atoms with Crippen molar-refractivity contribution in [1.82, 2.24) is 0 Å². The summed E-state index contributed by atoms with van der Waals surface area (Å²) in [4.78, 5) is 71.9. The average Bonchev–Trinajstić information content (AvgIpc) is 3.46. The minimum absolute atomic E-state index is 0.105. The van der Waals surface area contributed by atoms with Crippen molar-refractivity contribution in [3.05, 3.63) is 0 Å². The SMILES string of the molecule is CCCCCCCCCCCCCCCC(=O)OC[C@H](COP(=O)(O)OC[C@@H](O)COP(=O)(O)OC[C@@H](COC(=O)CCCCCCC)OC(=O)CCCCCCCCCCC)OC(=O)CCCCCCCCCCCCCCCC(C)C. The molecule has 0 saturated heterocycles. The second-order valence-electron chi connectivity index (χ2n) is 23.6. The van der Waals surface area contributed by atoms with Gasteiger partial charge in [0.2, 0.25) is 0 Å². The maximum atomic E-state index is 13.0. The van der Waals surface area contributed by atoms with Gasteiger partial charge in [0.25, 0.3) is 0 Å². The molecule has 5 atom stereocenters. The second kappa shape index (κ2) is 57.8. The van der Waals surface area contributed by atoms with E-state index < -0.39 is 97.5 Å². The van der Waals surface area contributed by atoms with Crippen molar-refractivity contribution in [3.63, 3.8) is 0 Å². The Bertz CT molecular complexity index is 1620. The first kappa shape index (κ1) is 81.1. The smallest absolute Gasteiger partial charge is 0.462 e. The summed E-state index contributed by atoms with van der Waals surface area (Å²) in [5, 5.41) is 10.5. The highest BCUT2D eigenvalue weighted by atomic mass is 31.2. The van der Waals surface area contributed by atoms with Gasteiger partial charge in [-0.1, -0.05) is 272 Å². The van der Waals surface area contributed by atoms with E-state index in [0.29, 0.717) is 25.7 Å². The summed E-state index contributed by atoms with van der Waals surface area (Å²) in [6, 6.07) is 0. The van der Waals surface area contributed by atoms with Gasteiger partial charge < -0.3 is 33.8 Å². The predicted octanol–water partition coefficient (Wildman–Crippen LogP) is 17.8. The lowest BCUT2D eigenvalue weighted by Crippen LogP contribution is -2.30. The number of phosphoric acid groups is 2. The molecule has 0 amide bonds. The highest BCUT2D eigenvalue weighted by Crippen LogP contribution is 2.45. The van der Waals surface area contributed by atoms with E-state index in [-0.39, 0.29) is 25.7 Å². The zero-order valence-corrected chi connectivity index (χ0v) is 55.1. The van der Waals surface area contributed by atoms with Crippen LogP contribution in [0.25, 0.3) is 0 Å². The van der Waals surface area contributed by atoms with Gasteiger partial charge in [0.15, 0.2) is 12.2 Å². The number of ether oxygens (including phenoxy) is 4. The standard InChI is InChI=1S/C64H124O17P2/c1-6-9-12-15-17-19-20-22-26-30-33-38-43-48-62(67)75-54-60(81-64(69)50-45-40-35-31-27-24-21-23-25-29-32-37-41-46-57(4)5)56-79-83(72,73)77-52-58(65)51-76-82(70,71)78-55-59(53-74-61(66)47-42-36-14-11-8-3)80-63(68)49-44-39-34-28-18-16-13-10-7-2/h57-60,65H,6-56H2,1-5H3,(H,70,71)(H,72,73)/t58-,59+,60+/m0/s1. The summed E-state index contributed by atoms with van der Waals surface area (Å²) in [6.07, 6.45) is 42.0. The van der Waals surface area contributed by atoms with E-state index in [4.69, 9.17) is 37.0 Å². The number of esters is 4. The molecule has 0 heterocycles. The Morgan fingerprint density at radius 1 is 0.325 bits per heavy atom. The van der Waals surface area contributed by atoms with Crippen molar-refractivity contribution in [2.75, 3.05) is 39.6 Å². The number of hydrogen-bond acceptors (Lipinski definition) is 15. The molecule has 19 heteroatoms. The highest BCUT2D eigenvalue weighted by molar-refractivity contribution is 7.47. The van der Waals surface area contributed by atoms with Crippen LogP contribution in [0, 0.1) is 5.92 Å². The molecule has 0 aliphatic rings. The van der Waals surface area contributed by atoms with Crippen LogP contribution in [0.15, 0.2) is 0 Å². The molecule has 0 aromatic heterocycles. The first-order valence-corrected chi connectivity index (χ1v) is 36.6. The first-order chi connectivity index (χ1) is 40.0. The maximum absolute atomic E-state index is 13.0. The fourth-order valence-corrected chi connectivity index (χ4v) is 11.2. The molecule has 0 aromatic carbocycles. The molecule has 0 spiro atoms. The second-order valence-corrected chi connectivity index (χ2v) is 26.5. The number of unbranched alkanes of at least 4 members (excludes halogenated alkanes) is 36. The summed E-state index contributed by atoms with van der Waals surface area (Å²) in [6.45, 7) is 7.11. The van der Waals surface area contributed by atoms with Crippen molar-refractivity contribution < 1.29 is 80.2 Å². The third-order valence-electron chi connectivity index (χ3n) is 14.8. The van der Waals surface area contributed by atoms with Crippen LogP contribution in [0.3, 0.4) is 0 Å². The highest BCUT2D eigenvalue weighted by Gasteiger charge is 2.30. The molecule has 0 radical (unpaired) electrons. The summed E-state index contributed by atoms with van der Waals surface area (Å²) in [5.41, 5.74) is 0. The fourth-order valence-electron chi connectivity index (χ4n) is 9.58. The number of carbonyl (C=O) groups is 4. The molecule has 83 heavy (non-hydrogen) atoms. The summed E-state index contributed by atoms with van der Waals surface area (Å²) < 4.78 is 67.8. The van der Waals surface area contributed by atoms with Crippen LogP contribution in [0.5, 0.6) is 0 Å². The summed E-state index contributed by atoms with van der Waals surface area (Å²) >= 11 is 0. The Balaban J connectivity index is 5.16. The fraction of sp³-hybridized carbons (Fsp3) is 0.938. The van der Waals surface area contributed by atoms with Gasteiger partial charge in [-0.25, -0.2) is 9.13 Å². The number of rotatable bonds is 64. The number of aliphatic hydroxyl groups excluding tert-OH is 1. The van der Waals surface area contributed by atoms with E-state index in [2.05, 4.69) is 34.6 Å². The van der Waals surface area contributed by atoms with Crippen molar-refractivity contribution in [1.29, 1.82) is 0 Å². The van der Waals surface area contributed by atoms with E-state index in [1.807, 2.05) is 0 Å². The minimum Gasteiger partial charge on any atom is -0.462 e. The normalized spacial score (nSPS) is 14.2. The molecule has 17 nitrogen and oxygen atoms in total. The summed E-state index contributed by atoms with van der Waals surface area (Å²) in [5.74, 6) is -1.36. The molecule has 492 valence electrons. The Hall–Kier alpha value is -1.94. The molecule has 0 aromatic rings. The molecule has 0 aliphatic heterocycles. The third-order valence-corrected chi connectivity index (χ3v) is 16.7. The van der Waals surface area contributed by atoms with E-state index in [1.165, 1.54) is 141 Å². The molecule has 0 saturated carbocycles. The number of aliphatic hydroxyl groups is 1. The van der Waals surface area contributed by atoms with Crippen molar-refractivity contribution in [2.24, 2.45) is 5.92 Å². The first-order valence-electron chi connectivity index (χ1n) is 33.6. The molecular weight excluding hydrogens is 1100 g/mol. The topological polar surface area (TPSA) is 237 Å². The van der Waals surface area contributed by atoms with Gasteiger partial charge in [0.1, 0.15) is 19.3 Å². The lowest BCUT2D eigenvalue weighted by molar-refractivity contribution is -0.161. The lowest BCUT2D eigenvalue weighted by Gasteiger charge is -2.21. The van der Waals surface area contributed by atoms with Gasteiger partial charge >= 0.3 is 39.5 Å². The largest absolute Gasteiger partial charge is 0.472 e. The average molecular weight is 1230 g/mol. The Kier molecular flexibility index (Phi) is 56.4. The van der Waals surface area contributed by atoms with Crippen LogP contribution < -0.4 is 0 Å². The quantitative estimate of drug-likeness (QED) is 0.0222. The van der Waals surface area contributed by atoms with Gasteiger partial charge in [0.05, 0.1) is 26.4 Å². The van der Waals surface area contributed by atoms with Crippen LogP contribution in [-0.2, 0) is 65.4 Å². The van der Waals surface area contributed by atoms with E-state index in [0.717, 1.165) is 102 Å². The van der Waals surface area contributed by atoms with Gasteiger partial charge in [-0.15, -0.1) is 0 Å². The molecule has 2 unspecified atom stereocenters. The van der Waals surface area contributed by atoms with Crippen molar-refractivity contribution in [3.8, 4) is 0 Å². The monoisotopic (exact) mass is 1230 g/mol. The zero-order valence-electron chi connectivity index (χ0n) is 53.3. The van der Waals surface area contributed by atoms with Crippen LogP contribution in [-0.4, -0.2) is 96.7 Å².